The number of sulfone groups is 1. The second kappa shape index (κ2) is 8.22. The summed E-state index contributed by atoms with van der Waals surface area (Å²) < 4.78 is 38.7. The highest BCUT2D eigenvalue weighted by atomic mass is 35.5. The molecule has 1 aromatic heterocycles. The molecule has 1 aromatic carbocycles. The van der Waals surface area contributed by atoms with E-state index in [-0.39, 0.29) is 10.6 Å². The molecule has 146 valence electrons. The molecule has 0 atom stereocenters. The summed E-state index contributed by atoms with van der Waals surface area (Å²) in [6.07, 6.45) is 3.70. The van der Waals surface area contributed by atoms with Crippen molar-refractivity contribution in [1.82, 2.24) is 9.78 Å². The molecule has 0 fully saturated rings. The second-order valence-corrected chi connectivity index (χ2v) is 8.98. The van der Waals surface area contributed by atoms with E-state index < -0.39 is 21.6 Å². The second-order valence-electron chi connectivity index (χ2n) is 6.60. The van der Waals surface area contributed by atoms with Gasteiger partial charge in [-0.2, -0.15) is 5.10 Å². The summed E-state index contributed by atoms with van der Waals surface area (Å²) in [6.45, 7) is 6.49. The maximum atomic E-state index is 13.9. The number of benzene rings is 1. The van der Waals surface area contributed by atoms with Crippen LogP contribution in [0.5, 0.6) is 0 Å². The van der Waals surface area contributed by atoms with Crippen molar-refractivity contribution < 1.29 is 17.6 Å². The van der Waals surface area contributed by atoms with Crippen molar-refractivity contribution in [3.05, 3.63) is 46.5 Å². The molecular formula is C18H21ClFN3O3S. The van der Waals surface area contributed by atoms with Crippen molar-refractivity contribution in [2.75, 3.05) is 11.6 Å². The monoisotopic (exact) mass is 413 g/mol. The van der Waals surface area contributed by atoms with E-state index in [1.54, 1.807) is 11.6 Å². The predicted octanol–water partition coefficient (Wildman–Crippen LogP) is 3.70. The number of carbonyl (C=O) groups is 1. The molecule has 0 aliphatic rings. The fourth-order valence-electron chi connectivity index (χ4n) is 2.39. The van der Waals surface area contributed by atoms with Crippen LogP contribution in [0.2, 0.25) is 5.15 Å². The standard InChI is InChI=1S/C18H21ClFN3O3S/c1-11(2)10-23-18(19)14(12(3)22-23)6-8-17(24)21-16-9-13(27(4,25)26)5-7-15(16)20/h5-9,11H,10H2,1-4H3,(H,21,24)/b8-6+. The van der Waals surface area contributed by atoms with E-state index in [1.165, 1.54) is 12.2 Å². The van der Waals surface area contributed by atoms with Crippen LogP contribution in [-0.4, -0.2) is 30.4 Å². The van der Waals surface area contributed by atoms with E-state index >= 15 is 0 Å². The molecule has 0 radical (unpaired) electrons. The molecule has 0 saturated carbocycles. The third kappa shape index (κ3) is 5.40. The molecule has 1 heterocycles. The fraction of sp³-hybridized carbons (Fsp3) is 0.333. The summed E-state index contributed by atoms with van der Waals surface area (Å²) >= 11 is 6.30. The molecule has 0 spiro atoms. The van der Waals surface area contributed by atoms with Gasteiger partial charge in [0.15, 0.2) is 9.84 Å². The maximum Gasteiger partial charge on any atom is 0.248 e. The maximum absolute atomic E-state index is 13.9. The van der Waals surface area contributed by atoms with Crippen LogP contribution in [0.3, 0.4) is 0 Å². The molecule has 27 heavy (non-hydrogen) atoms. The largest absolute Gasteiger partial charge is 0.320 e. The predicted molar refractivity (Wildman–Crippen MR) is 104 cm³/mol. The molecule has 0 aliphatic heterocycles. The van der Waals surface area contributed by atoms with Crippen LogP contribution in [0.1, 0.15) is 25.1 Å². The van der Waals surface area contributed by atoms with E-state index in [9.17, 15) is 17.6 Å². The summed E-state index contributed by atoms with van der Waals surface area (Å²) in [4.78, 5) is 12.0. The molecule has 2 aromatic rings. The fourth-order valence-corrected chi connectivity index (χ4v) is 3.34. The number of amides is 1. The Morgan fingerprint density at radius 1 is 1.41 bits per heavy atom. The van der Waals surface area contributed by atoms with E-state index in [0.717, 1.165) is 24.5 Å². The number of hydrogen-bond acceptors (Lipinski definition) is 4. The van der Waals surface area contributed by atoms with Gasteiger partial charge in [-0.1, -0.05) is 25.4 Å². The smallest absolute Gasteiger partial charge is 0.248 e. The van der Waals surface area contributed by atoms with E-state index in [4.69, 9.17) is 11.6 Å². The number of nitrogens with zero attached hydrogens (tertiary/aromatic N) is 2. The molecule has 0 unspecified atom stereocenters. The Morgan fingerprint density at radius 3 is 2.67 bits per heavy atom. The van der Waals surface area contributed by atoms with Gasteiger partial charge in [0.2, 0.25) is 5.91 Å². The summed E-state index contributed by atoms with van der Waals surface area (Å²) in [6, 6.07) is 3.21. The van der Waals surface area contributed by atoms with Gasteiger partial charge in [-0.25, -0.2) is 12.8 Å². The number of nitrogens with one attached hydrogen (secondary N) is 1. The van der Waals surface area contributed by atoms with Crippen molar-refractivity contribution in [3.63, 3.8) is 0 Å². The summed E-state index contributed by atoms with van der Waals surface area (Å²) in [5, 5.41) is 7.09. The minimum atomic E-state index is -3.52. The van der Waals surface area contributed by atoms with Crippen molar-refractivity contribution >= 4 is 39.1 Å². The topological polar surface area (TPSA) is 81.1 Å². The van der Waals surface area contributed by atoms with Gasteiger partial charge in [0.25, 0.3) is 0 Å². The highest BCUT2D eigenvalue weighted by Crippen LogP contribution is 2.23. The van der Waals surface area contributed by atoms with Gasteiger partial charge in [-0.3, -0.25) is 9.48 Å². The average molecular weight is 414 g/mol. The number of aryl methyl sites for hydroxylation is 1. The number of halogens is 2. The quantitative estimate of drug-likeness (QED) is 0.578. The highest BCUT2D eigenvalue weighted by molar-refractivity contribution is 7.90. The Balaban J connectivity index is 2.21. The van der Waals surface area contributed by atoms with E-state index in [2.05, 4.69) is 10.4 Å². The van der Waals surface area contributed by atoms with Crippen molar-refractivity contribution in [2.24, 2.45) is 5.92 Å². The van der Waals surface area contributed by atoms with Crippen molar-refractivity contribution in [2.45, 2.75) is 32.2 Å². The number of anilines is 1. The number of hydrogen-bond donors (Lipinski definition) is 1. The Kier molecular flexibility index (Phi) is 6.43. The molecule has 2 rings (SSSR count). The minimum Gasteiger partial charge on any atom is -0.320 e. The number of carbonyl (C=O) groups excluding carboxylic acids is 1. The number of rotatable bonds is 6. The molecular weight excluding hydrogens is 393 g/mol. The van der Waals surface area contributed by atoms with Gasteiger partial charge in [0.1, 0.15) is 11.0 Å². The molecule has 9 heteroatoms. The van der Waals surface area contributed by atoms with Gasteiger partial charge in [-0.15, -0.1) is 0 Å². The molecule has 0 saturated heterocycles. The Morgan fingerprint density at radius 2 is 2.07 bits per heavy atom. The van der Waals surface area contributed by atoms with Crippen molar-refractivity contribution in [3.8, 4) is 0 Å². The van der Waals surface area contributed by atoms with Gasteiger partial charge in [0, 0.05) is 24.4 Å². The lowest BCUT2D eigenvalue weighted by atomic mass is 10.2. The average Bonchev–Trinajstić information content (AvgIpc) is 2.79. The minimum absolute atomic E-state index is 0.0861. The van der Waals surface area contributed by atoms with Gasteiger partial charge < -0.3 is 5.32 Å². The van der Waals surface area contributed by atoms with E-state index in [1.807, 2.05) is 13.8 Å². The first-order valence-corrected chi connectivity index (χ1v) is 10.5. The lowest BCUT2D eigenvalue weighted by molar-refractivity contribution is -0.111. The third-order valence-electron chi connectivity index (χ3n) is 3.67. The van der Waals surface area contributed by atoms with Crippen LogP contribution in [0, 0.1) is 18.7 Å². The zero-order chi connectivity index (χ0) is 20.4. The normalized spacial score (nSPS) is 12.1. The van der Waals surface area contributed by atoms with Crippen LogP contribution in [0.4, 0.5) is 10.1 Å². The van der Waals surface area contributed by atoms with Crippen LogP contribution in [0.15, 0.2) is 29.2 Å². The molecule has 1 amide bonds. The summed E-state index contributed by atoms with van der Waals surface area (Å²) in [5.74, 6) is -0.998. The molecule has 1 N–H and O–H groups in total. The SMILES string of the molecule is Cc1nn(CC(C)C)c(Cl)c1/C=C/C(=O)Nc1cc(S(C)(=O)=O)ccc1F. The lowest BCUT2D eigenvalue weighted by Gasteiger charge is -2.06. The Bertz CT molecular complexity index is 998. The first kappa shape index (κ1) is 21.1. The van der Waals surface area contributed by atoms with Crippen LogP contribution >= 0.6 is 11.6 Å². The molecule has 0 aliphatic carbocycles. The van der Waals surface area contributed by atoms with Crippen LogP contribution < -0.4 is 5.32 Å². The molecule has 6 nitrogen and oxygen atoms in total. The first-order chi connectivity index (χ1) is 12.5. The van der Waals surface area contributed by atoms with Gasteiger partial charge >= 0.3 is 0 Å². The molecule has 0 bridgehead atoms. The summed E-state index contributed by atoms with van der Waals surface area (Å²) in [7, 11) is -3.52. The third-order valence-corrected chi connectivity index (χ3v) is 5.18. The van der Waals surface area contributed by atoms with Crippen LogP contribution in [0.25, 0.3) is 6.08 Å². The Hall–Kier alpha value is -2.19. The Labute approximate surface area is 162 Å². The highest BCUT2D eigenvalue weighted by Gasteiger charge is 2.14. The van der Waals surface area contributed by atoms with Crippen LogP contribution in [-0.2, 0) is 21.2 Å². The lowest BCUT2D eigenvalue weighted by Crippen LogP contribution is -2.10. The van der Waals surface area contributed by atoms with Gasteiger partial charge in [0.05, 0.1) is 16.3 Å². The zero-order valence-electron chi connectivity index (χ0n) is 15.5. The van der Waals surface area contributed by atoms with E-state index in [0.29, 0.717) is 28.9 Å². The van der Waals surface area contributed by atoms with Gasteiger partial charge in [-0.05, 0) is 37.1 Å². The van der Waals surface area contributed by atoms with Crippen molar-refractivity contribution in [1.29, 1.82) is 0 Å². The first-order valence-electron chi connectivity index (χ1n) is 8.20. The number of aromatic nitrogens is 2. The summed E-state index contributed by atoms with van der Waals surface area (Å²) in [5.41, 5.74) is 1.04. The zero-order valence-corrected chi connectivity index (χ0v) is 17.0.